The van der Waals surface area contributed by atoms with Gasteiger partial charge in [0.1, 0.15) is 0 Å². The van der Waals surface area contributed by atoms with E-state index >= 15 is 0 Å². The first-order valence-electron chi connectivity index (χ1n) is 5.85. The molecule has 1 N–H and O–H groups in total. The number of piperidine rings is 1. The van der Waals surface area contributed by atoms with Crippen LogP contribution >= 0.6 is 0 Å². The third-order valence-corrected chi connectivity index (χ3v) is 2.98. The van der Waals surface area contributed by atoms with Crippen molar-refractivity contribution in [1.29, 1.82) is 0 Å². The summed E-state index contributed by atoms with van der Waals surface area (Å²) in [6.45, 7) is 6.26. The number of hydrogen-bond acceptors (Lipinski definition) is 2. The summed E-state index contributed by atoms with van der Waals surface area (Å²) in [6, 6.07) is 0. The summed E-state index contributed by atoms with van der Waals surface area (Å²) < 4.78 is 0. The zero-order valence-electron chi connectivity index (χ0n) is 9.28. The predicted octanol–water partition coefficient (Wildman–Crippen LogP) is 2.05. The molecule has 0 aliphatic carbocycles. The normalized spacial score (nSPS) is 24.6. The lowest BCUT2D eigenvalue weighted by atomic mass is 9.94. The molecule has 0 radical (unpaired) electrons. The van der Waals surface area contributed by atoms with E-state index < -0.39 is 0 Å². The second-order valence-electron chi connectivity index (χ2n) is 4.12. The number of allylic oxidation sites excluding steroid dienone is 1. The van der Waals surface area contributed by atoms with Gasteiger partial charge in [0.2, 0.25) is 0 Å². The maximum Gasteiger partial charge on any atom is 0.0465 e. The smallest absolute Gasteiger partial charge is 0.0465 e. The molecule has 82 valence electrons. The third-order valence-electron chi connectivity index (χ3n) is 2.98. The van der Waals surface area contributed by atoms with Gasteiger partial charge in [0, 0.05) is 13.2 Å². The van der Waals surface area contributed by atoms with Crippen LogP contribution in [-0.2, 0) is 0 Å². The van der Waals surface area contributed by atoms with E-state index in [-0.39, 0.29) is 6.61 Å². The van der Waals surface area contributed by atoms with Gasteiger partial charge in [-0.3, -0.25) is 0 Å². The Kier molecular flexibility index (Phi) is 5.88. The second-order valence-corrected chi connectivity index (χ2v) is 4.12. The molecule has 1 aliphatic rings. The Morgan fingerprint density at radius 1 is 1.43 bits per heavy atom. The average Bonchev–Trinajstić information content (AvgIpc) is 2.25. The summed E-state index contributed by atoms with van der Waals surface area (Å²) in [4.78, 5) is 2.54. The van der Waals surface area contributed by atoms with Crippen molar-refractivity contribution in [2.75, 3.05) is 26.2 Å². The van der Waals surface area contributed by atoms with E-state index in [2.05, 4.69) is 24.0 Å². The van der Waals surface area contributed by atoms with Crippen LogP contribution < -0.4 is 0 Å². The van der Waals surface area contributed by atoms with Gasteiger partial charge in [0.05, 0.1) is 0 Å². The van der Waals surface area contributed by atoms with Gasteiger partial charge >= 0.3 is 0 Å². The number of aliphatic hydroxyl groups excluding tert-OH is 1. The van der Waals surface area contributed by atoms with Crippen LogP contribution in [0.15, 0.2) is 12.2 Å². The van der Waals surface area contributed by atoms with Gasteiger partial charge in [-0.05, 0) is 44.7 Å². The molecule has 0 aromatic heterocycles. The first-order chi connectivity index (χ1) is 6.86. The number of likely N-dealkylation sites (tertiary alicyclic amines) is 1. The van der Waals surface area contributed by atoms with Crippen molar-refractivity contribution >= 4 is 0 Å². The largest absolute Gasteiger partial charge is 0.396 e. The molecule has 0 spiro atoms. The molecular weight excluding hydrogens is 174 g/mol. The summed E-state index contributed by atoms with van der Waals surface area (Å²) in [5.74, 6) is 0.846. The van der Waals surface area contributed by atoms with E-state index in [1.165, 1.54) is 38.9 Å². The Morgan fingerprint density at radius 2 is 2.29 bits per heavy atom. The fraction of sp³-hybridized carbons (Fsp3) is 0.833. The van der Waals surface area contributed by atoms with Crippen LogP contribution in [0.4, 0.5) is 0 Å². The molecule has 0 aromatic carbocycles. The topological polar surface area (TPSA) is 23.5 Å². The van der Waals surface area contributed by atoms with Gasteiger partial charge in [-0.25, -0.2) is 0 Å². The van der Waals surface area contributed by atoms with Crippen molar-refractivity contribution in [2.24, 2.45) is 5.92 Å². The zero-order valence-corrected chi connectivity index (χ0v) is 9.28. The van der Waals surface area contributed by atoms with Crippen LogP contribution in [0.25, 0.3) is 0 Å². The summed E-state index contributed by atoms with van der Waals surface area (Å²) >= 11 is 0. The van der Waals surface area contributed by atoms with E-state index in [1.807, 2.05) is 0 Å². The third kappa shape index (κ3) is 4.25. The van der Waals surface area contributed by atoms with Gasteiger partial charge < -0.3 is 10.0 Å². The first-order valence-corrected chi connectivity index (χ1v) is 5.85. The minimum atomic E-state index is 0.280. The fourth-order valence-corrected chi connectivity index (χ4v) is 2.11. The highest BCUT2D eigenvalue weighted by atomic mass is 16.2. The molecule has 14 heavy (non-hydrogen) atoms. The van der Waals surface area contributed by atoms with Crippen LogP contribution in [0.1, 0.15) is 32.6 Å². The van der Waals surface area contributed by atoms with Crippen LogP contribution in [0.3, 0.4) is 0 Å². The molecule has 1 heterocycles. The lowest BCUT2D eigenvalue weighted by molar-refractivity contribution is 0.184. The molecule has 1 unspecified atom stereocenters. The molecular formula is C12H23NO. The van der Waals surface area contributed by atoms with Crippen molar-refractivity contribution < 1.29 is 5.11 Å². The molecule has 0 aromatic rings. The molecule has 1 aliphatic heterocycles. The van der Waals surface area contributed by atoms with Crippen LogP contribution in [0.2, 0.25) is 0 Å². The maximum absolute atomic E-state index is 8.62. The predicted molar refractivity (Wildman–Crippen MR) is 60.3 cm³/mol. The number of aliphatic hydroxyl groups is 1. The highest BCUT2D eigenvalue weighted by Gasteiger charge is 2.16. The van der Waals surface area contributed by atoms with E-state index in [1.54, 1.807) is 0 Å². The standard InChI is InChI=1S/C12H23NO/c1-2-13-9-6-8-12(11-13)7-4-3-5-10-14/h3-4,12,14H,2,5-11H2,1H3/b4-3-. The van der Waals surface area contributed by atoms with Crippen molar-refractivity contribution in [1.82, 2.24) is 4.90 Å². The second kappa shape index (κ2) is 7.02. The Balaban J connectivity index is 2.17. The number of hydrogen-bond donors (Lipinski definition) is 1. The van der Waals surface area contributed by atoms with Gasteiger partial charge in [-0.2, -0.15) is 0 Å². The summed E-state index contributed by atoms with van der Waals surface area (Å²) in [6.07, 6.45) is 9.07. The van der Waals surface area contributed by atoms with Crippen molar-refractivity contribution in [2.45, 2.75) is 32.6 Å². The van der Waals surface area contributed by atoms with E-state index in [9.17, 15) is 0 Å². The Labute approximate surface area is 87.6 Å². The van der Waals surface area contributed by atoms with E-state index in [4.69, 9.17) is 5.11 Å². The van der Waals surface area contributed by atoms with E-state index in [0.29, 0.717) is 0 Å². The van der Waals surface area contributed by atoms with Crippen LogP contribution in [-0.4, -0.2) is 36.2 Å². The minimum absolute atomic E-state index is 0.280. The van der Waals surface area contributed by atoms with E-state index in [0.717, 1.165) is 12.3 Å². The molecule has 1 atom stereocenters. The Hall–Kier alpha value is -0.340. The molecule has 2 heteroatoms. The SMILES string of the molecule is CCN1CCCC(C/C=C\CCO)C1. The maximum atomic E-state index is 8.62. The summed E-state index contributed by atoms with van der Waals surface area (Å²) in [5.41, 5.74) is 0. The quantitative estimate of drug-likeness (QED) is 0.682. The van der Waals surface area contributed by atoms with Gasteiger partial charge in [0.25, 0.3) is 0 Å². The molecule has 2 nitrogen and oxygen atoms in total. The Morgan fingerprint density at radius 3 is 3.00 bits per heavy atom. The lowest BCUT2D eigenvalue weighted by Gasteiger charge is -2.31. The highest BCUT2D eigenvalue weighted by molar-refractivity contribution is 4.86. The van der Waals surface area contributed by atoms with Crippen molar-refractivity contribution in [3.8, 4) is 0 Å². The van der Waals surface area contributed by atoms with Crippen molar-refractivity contribution in [3.05, 3.63) is 12.2 Å². The molecule has 1 fully saturated rings. The average molecular weight is 197 g/mol. The fourth-order valence-electron chi connectivity index (χ4n) is 2.11. The molecule has 1 rings (SSSR count). The molecule has 0 amide bonds. The van der Waals surface area contributed by atoms with Gasteiger partial charge in [-0.1, -0.05) is 19.1 Å². The molecule has 1 saturated heterocycles. The minimum Gasteiger partial charge on any atom is -0.396 e. The summed E-state index contributed by atoms with van der Waals surface area (Å²) in [7, 11) is 0. The summed E-state index contributed by atoms with van der Waals surface area (Å²) in [5, 5.41) is 8.62. The Bertz CT molecular complexity index is 168. The zero-order chi connectivity index (χ0) is 10.2. The van der Waals surface area contributed by atoms with Crippen LogP contribution in [0.5, 0.6) is 0 Å². The highest BCUT2D eigenvalue weighted by Crippen LogP contribution is 2.19. The molecule has 0 saturated carbocycles. The van der Waals surface area contributed by atoms with Crippen LogP contribution in [0, 0.1) is 5.92 Å². The first kappa shape index (κ1) is 11.7. The lowest BCUT2D eigenvalue weighted by Crippen LogP contribution is -2.34. The van der Waals surface area contributed by atoms with Crippen molar-refractivity contribution in [3.63, 3.8) is 0 Å². The number of rotatable bonds is 5. The molecule has 0 bridgehead atoms. The van der Waals surface area contributed by atoms with Gasteiger partial charge in [-0.15, -0.1) is 0 Å². The van der Waals surface area contributed by atoms with Gasteiger partial charge in [0.15, 0.2) is 0 Å². The number of nitrogens with zero attached hydrogens (tertiary/aromatic N) is 1. The monoisotopic (exact) mass is 197 g/mol.